The Morgan fingerprint density at radius 3 is 2.56 bits per heavy atom. The molecule has 0 saturated heterocycles. The zero-order valence-corrected chi connectivity index (χ0v) is 14.6. The molecule has 2 aromatic carbocycles. The lowest BCUT2D eigenvalue weighted by atomic mass is 9.90. The van der Waals surface area contributed by atoms with Crippen LogP contribution in [0.3, 0.4) is 0 Å². The number of aromatic nitrogens is 3. The quantitative estimate of drug-likeness (QED) is 0.422. The van der Waals surface area contributed by atoms with Crippen LogP contribution in [-0.4, -0.2) is 14.4 Å². The molecule has 0 amide bonds. The molecule has 0 radical (unpaired) electrons. The molecule has 25 heavy (non-hydrogen) atoms. The second-order valence-corrected chi connectivity index (χ2v) is 7.86. The van der Waals surface area contributed by atoms with Crippen molar-refractivity contribution >= 4 is 16.4 Å². The zero-order valence-electron chi connectivity index (χ0n) is 14.6. The Hall–Kier alpha value is -2.88. The van der Waals surface area contributed by atoms with Gasteiger partial charge in [0.15, 0.2) is 5.82 Å². The van der Waals surface area contributed by atoms with Gasteiger partial charge in [-0.2, -0.15) is 0 Å². The van der Waals surface area contributed by atoms with E-state index in [0.717, 1.165) is 40.8 Å². The fraction of sp³-hybridized carbons (Fsp3) is 0.238. The third-order valence-electron chi connectivity index (χ3n) is 4.55. The van der Waals surface area contributed by atoms with Crippen LogP contribution in [0.2, 0.25) is 0 Å². The monoisotopic (exact) mass is 329 g/mol. The Labute approximate surface area is 146 Å². The Morgan fingerprint density at radius 2 is 1.80 bits per heavy atom. The number of fused-ring (bicyclic) bond motifs is 3. The van der Waals surface area contributed by atoms with Gasteiger partial charge in [-0.05, 0) is 34.4 Å². The maximum Gasteiger partial charge on any atom is 0.229 e. The minimum absolute atomic E-state index is 0.134. The minimum atomic E-state index is 0.134. The minimum Gasteiger partial charge on any atom is -0.438 e. The first kappa shape index (κ1) is 14.5. The molecular weight excluding hydrogens is 310 g/mol. The summed E-state index contributed by atoms with van der Waals surface area (Å²) >= 11 is 0. The molecule has 1 aliphatic rings. The van der Waals surface area contributed by atoms with E-state index < -0.39 is 0 Å². The van der Waals surface area contributed by atoms with Crippen molar-refractivity contribution in [3.05, 3.63) is 54.4 Å². The molecule has 4 aromatic rings. The summed E-state index contributed by atoms with van der Waals surface area (Å²) in [6.07, 6.45) is 2.68. The summed E-state index contributed by atoms with van der Waals surface area (Å²) in [5.41, 5.74) is 3.02. The third kappa shape index (κ3) is 2.21. The SMILES string of the molecule is CC(C)(C)Cc1nc2ccnc3n2c1Oc1cc2ccccc2cc1-3. The van der Waals surface area contributed by atoms with Gasteiger partial charge in [0, 0.05) is 12.6 Å². The first-order valence-electron chi connectivity index (χ1n) is 8.57. The molecule has 4 heteroatoms. The molecule has 4 nitrogen and oxygen atoms in total. The van der Waals surface area contributed by atoms with Gasteiger partial charge in [0.1, 0.15) is 17.1 Å². The molecule has 0 aliphatic carbocycles. The van der Waals surface area contributed by atoms with E-state index in [9.17, 15) is 0 Å². The summed E-state index contributed by atoms with van der Waals surface area (Å²) < 4.78 is 8.37. The molecule has 0 N–H and O–H groups in total. The zero-order chi connectivity index (χ0) is 17.2. The average Bonchev–Trinajstić information content (AvgIpc) is 2.90. The van der Waals surface area contributed by atoms with Crippen LogP contribution in [0, 0.1) is 5.41 Å². The fourth-order valence-electron chi connectivity index (χ4n) is 3.51. The fourth-order valence-corrected chi connectivity index (χ4v) is 3.51. The summed E-state index contributed by atoms with van der Waals surface area (Å²) in [7, 11) is 0. The topological polar surface area (TPSA) is 39.4 Å². The van der Waals surface area contributed by atoms with E-state index in [4.69, 9.17) is 9.72 Å². The molecule has 0 saturated carbocycles. The number of imidazole rings is 1. The van der Waals surface area contributed by atoms with E-state index in [1.165, 1.54) is 10.8 Å². The lowest BCUT2D eigenvalue weighted by Gasteiger charge is -2.21. The number of ether oxygens (including phenoxy) is 1. The van der Waals surface area contributed by atoms with E-state index in [1.807, 2.05) is 22.7 Å². The van der Waals surface area contributed by atoms with Crippen LogP contribution in [0.1, 0.15) is 26.5 Å². The average molecular weight is 329 g/mol. The highest BCUT2D eigenvalue weighted by molar-refractivity contribution is 5.90. The van der Waals surface area contributed by atoms with Gasteiger partial charge in [0.2, 0.25) is 5.88 Å². The first-order chi connectivity index (χ1) is 12.0. The van der Waals surface area contributed by atoms with Crippen LogP contribution in [-0.2, 0) is 6.42 Å². The molecule has 3 heterocycles. The summed E-state index contributed by atoms with van der Waals surface area (Å²) in [4.78, 5) is 9.46. The van der Waals surface area contributed by atoms with Gasteiger partial charge in [-0.15, -0.1) is 0 Å². The van der Waals surface area contributed by atoms with E-state index in [0.29, 0.717) is 0 Å². The van der Waals surface area contributed by atoms with E-state index in [-0.39, 0.29) is 5.41 Å². The maximum absolute atomic E-state index is 6.34. The Kier molecular flexibility index (Phi) is 2.79. The van der Waals surface area contributed by atoms with Crippen molar-refractivity contribution < 1.29 is 4.74 Å². The number of hydrogen-bond donors (Lipinski definition) is 0. The van der Waals surface area contributed by atoms with Crippen molar-refractivity contribution in [1.29, 1.82) is 0 Å². The molecule has 2 aromatic heterocycles. The third-order valence-corrected chi connectivity index (χ3v) is 4.55. The van der Waals surface area contributed by atoms with Crippen LogP contribution in [0.15, 0.2) is 48.7 Å². The second-order valence-electron chi connectivity index (χ2n) is 7.86. The van der Waals surface area contributed by atoms with Gasteiger partial charge in [-0.25, -0.2) is 14.4 Å². The first-order valence-corrected chi connectivity index (χ1v) is 8.57. The summed E-state index contributed by atoms with van der Waals surface area (Å²) in [5, 5.41) is 2.35. The Balaban J connectivity index is 1.80. The van der Waals surface area contributed by atoms with Crippen LogP contribution < -0.4 is 4.74 Å². The summed E-state index contributed by atoms with van der Waals surface area (Å²) in [5.74, 6) is 2.55. The summed E-state index contributed by atoms with van der Waals surface area (Å²) in [6, 6.07) is 14.5. The van der Waals surface area contributed by atoms with Gasteiger partial charge in [0.25, 0.3) is 0 Å². The normalized spacial score (nSPS) is 13.1. The van der Waals surface area contributed by atoms with Gasteiger partial charge < -0.3 is 4.74 Å². The van der Waals surface area contributed by atoms with Crippen molar-refractivity contribution in [2.75, 3.05) is 0 Å². The van der Waals surface area contributed by atoms with Crippen LogP contribution in [0.25, 0.3) is 27.8 Å². The van der Waals surface area contributed by atoms with Crippen LogP contribution >= 0.6 is 0 Å². The van der Waals surface area contributed by atoms with Gasteiger partial charge in [-0.1, -0.05) is 45.0 Å². The lowest BCUT2D eigenvalue weighted by Crippen LogP contribution is -2.11. The number of nitrogens with zero attached hydrogens (tertiary/aromatic N) is 3. The van der Waals surface area contributed by atoms with E-state index >= 15 is 0 Å². The van der Waals surface area contributed by atoms with Crippen LogP contribution in [0.4, 0.5) is 0 Å². The predicted molar refractivity (Wildman–Crippen MR) is 99.2 cm³/mol. The second kappa shape index (κ2) is 4.82. The van der Waals surface area contributed by atoms with Crippen LogP contribution in [0.5, 0.6) is 11.6 Å². The lowest BCUT2D eigenvalue weighted by molar-refractivity contribution is 0.387. The predicted octanol–water partition coefficient (Wildman–Crippen LogP) is 5.24. The summed E-state index contributed by atoms with van der Waals surface area (Å²) in [6.45, 7) is 6.65. The smallest absolute Gasteiger partial charge is 0.229 e. The van der Waals surface area contributed by atoms with Gasteiger partial charge >= 0.3 is 0 Å². The number of rotatable bonds is 1. The highest BCUT2D eigenvalue weighted by atomic mass is 16.5. The highest BCUT2D eigenvalue weighted by Crippen LogP contribution is 2.43. The molecule has 5 rings (SSSR count). The molecule has 1 aliphatic heterocycles. The van der Waals surface area contributed by atoms with Crippen molar-refractivity contribution in [3.63, 3.8) is 0 Å². The molecule has 0 spiro atoms. The Bertz CT molecular complexity index is 1140. The Morgan fingerprint density at radius 1 is 1.04 bits per heavy atom. The number of benzene rings is 2. The maximum atomic E-state index is 6.34. The van der Waals surface area contributed by atoms with Crippen molar-refractivity contribution in [2.24, 2.45) is 5.41 Å². The highest BCUT2D eigenvalue weighted by Gasteiger charge is 2.28. The molecule has 124 valence electrons. The van der Waals surface area contributed by atoms with Gasteiger partial charge in [0.05, 0.1) is 5.56 Å². The molecule has 0 fully saturated rings. The molecular formula is C21H19N3O. The molecule has 0 atom stereocenters. The van der Waals surface area contributed by atoms with E-state index in [1.54, 1.807) is 0 Å². The number of hydrogen-bond acceptors (Lipinski definition) is 3. The van der Waals surface area contributed by atoms with Gasteiger partial charge in [-0.3, -0.25) is 0 Å². The van der Waals surface area contributed by atoms with Crippen molar-refractivity contribution in [3.8, 4) is 23.0 Å². The largest absolute Gasteiger partial charge is 0.438 e. The van der Waals surface area contributed by atoms with Crippen molar-refractivity contribution in [2.45, 2.75) is 27.2 Å². The molecule has 0 unspecified atom stereocenters. The van der Waals surface area contributed by atoms with E-state index in [2.05, 4.69) is 56.1 Å². The van der Waals surface area contributed by atoms with Crippen molar-refractivity contribution in [1.82, 2.24) is 14.4 Å². The molecule has 0 bridgehead atoms. The standard InChI is InChI=1S/C21H19N3O/c1-21(2,3)12-16-20-24-18(23-16)8-9-22-19(24)15-10-13-6-4-5-7-14(13)11-17(15)25-20/h4-11H,12H2,1-3H3.